The van der Waals surface area contributed by atoms with E-state index in [-0.39, 0.29) is 5.91 Å². The van der Waals surface area contributed by atoms with E-state index in [0.29, 0.717) is 11.2 Å². The van der Waals surface area contributed by atoms with E-state index >= 15 is 0 Å². The standard InChI is InChI=1S/C19H21N3O/c1-4-5-15-6-8-16(9-7-15)21-19(23)17-10-11-22-14(3)12-13(2)20-18(17)22/h6-12H,4-5H2,1-3H3,(H,21,23). The zero-order valence-corrected chi connectivity index (χ0v) is 13.8. The molecule has 1 aromatic carbocycles. The van der Waals surface area contributed by atoms with E-state index in [1.54, 1.807) is 0 Å². The van der Waals surface area contributed by atoms with Crippen molar-refractivity contribution < 1.29 is 4.79 Å². The molecule has 118 valence electrons. The van der Waals surface area contributed by atoms with Crippen molar-refractivity contribution in [3.05, 3.63) is 65.1 Å². The average molecular weight is 307 g/mol. The number of anilines is 1. The topological polar surface area (TPSA) is 46.4 Å². The summed E-state index contributed by atoms with van der Waals surface area (Å²) in [7, 11) is 0. The largest absolute Gasteiger partial charge is 0.322 e. The van der Waals surface area contributed by atoms with E-state index in [1.807, 2.05) is 48.7 Å². The van der Waals surface area contributed by atoms with Crippen molar-refractivity contribution in [2.24, 2.45) is 0 Å². The molecule has 0 fully saturated rings. The highest BCUT2D eigenvalue weighted by molar-refractivity contribution is 6.08. The summed E-state index contributed by atoms with van der Waals surface area (Å²) in [5.41, 5.74) is 5.35. The van der Waals surface area contributed by atoms with Crippen LogP contribution in [0.4, 0.5) is 5.69 Å². The van der Waals surface area contributed by atoms with E-state index in [1.165, 1.54) is 5.56 Å². The van der Waals surface area contributed by atoms with Crippen LogP contribution < -0.4 is 5.32 Å². The van der Waals surface area contributed by atoms with Crippen LogP contribution in [0.1, 0.15) is 40.7 Å². The molecule has 0 saturated carbocycles. The van der Waals surface area contributed by atoms with E-state index < -0.39 is 0 Å². The molecule has 4 nitrogen and oxygen atoms in total. The van der Waals surface area contributed by atoms with Crippen LogP contribution in [0.3, 0.4) is 0 Å². The maximum absolute atomic E-state index is 12.6. The molecule has 2 heterocycles. The molecule has 1 amide bonds. The van der Waals surface area contributed by atoms with Crippen LogP contribution in [0.25, 0.3) is 5.65 Å². The molecule has 0 bridgehead atoms. The van der Waals surface area contributed by atoms with Gasteiger partial charge in [0, 0.05) is 23.3 Å². The van der Waals surface area contributed by atoms with E-state index in [4.69, 9.17) is 0 Å². The second kappa shape index (κ2) is 6.24. The second-order valence-electron chi connectivity index (χ2n) is 5.86. The van der Waals surface area contributed by atoms with Crippen LogP contribution in [0.5, 0.6) is 0 Å². The minimum Gasteiger partial charge on any atom is -0.322 e. The first-order valence-corrected chi connectivity index (χ1v) is 7.94. The normalized spacial score (nSPS) is 10.9. The summed E-state index contributed by atoms with van der Waals surface area (Å²) in [5, 5.41) is 2.95. The van der Waals surface area contributed by atoms with Crippen LogP contribution >= 0.6 is 0 Å². The number of hydrogen-bond acceptors (Lipinski definition) is 2. The number of aryl methyl sites for hydroxylation is 3. The summed E-state index contributed by atoms with van der Waals surface area (Å²) in [6.45, 7) is 6.11. The molecule has 0 aliphatic rings. The smallest absolute Gasteiger partial charge is 0.259 e. The molecule has 0 unspecified atom stereocenters. The van der Waals surface area contributed by atoms with Gasteiger partial charge in [-0.15, -0.1) is 0 Å². The van der Waals surface area contributed by atoms with Crippen molar-refractivity contribution in [2.45, 2.75) is 33.6 Å². The van der Waals surface area contributed by atoms with Crippen molar-refractivity contribution in [1.82, 2.24) is 9.38 Å². The minimum atomic E-state index is -0.131. The monoisotopic (exact) mass is 307 g/mol. The molecular formula is C19H21N3O. The lowest BCUT2D eigenvalue weighted by Crippen LogP contribution is -2.12. The number of carbonyl (C=O) groups is 1. The number of amides is 1. The van der Waals surface area contributed by atoms with Crippen LogP contribution in [0.2, 0.25) is 0 Å². The quantitative estimate of drug-likeness (QED) is 0.787. The summed E-state index contributed by atoms with van der Waals surface area (Å²) >= 11 is 0. The van der Waals surface area contributed by atoms with Gasteiger partial charge in [-0.3, -0.25) is 4.79 Å². The third-order valence-electron chi connectivity index (χ3n) is 3.93. The molecule has 4 heteroatoms. The summed E-state index contributed by atoms with van der Waals surface area (Å²) in [5.74, 6) is -0.131. The maximum atomic E-state index is 12.6. The molecule has 23 heavy (non-hydrogen) atoms. The van der Waals surface area contributed by atoms with Gasteiger partial charge < -0.3 is 9.72 Å². The first-order valence-electron chi connectivity index (χ1n) is 7.94. The Morgan fingerprint density at radius 1 is 1.17 bits per heavy atom. The summed E-state index contributed by atoms with van der Waals surface area (Å²) in [6, 6.07) is 11.8. The lowest BCUT2D eigenvalue weighted by molar-refractivity contribution is 0.102. The molecule has 1 N–H and O–H groups in total. The second-order valence-corrected chi connectivity index (χ2v) is 5.86. The fourth-order valence-electron chi connectivity index (χ4n) is 2.81. The molecule has 3 rings (SSSR count). The van der Waals surface area contributed by atoms with Crippen LogP contribution in [0, 0.1) is 13.8 Å². The summed E-state index contributed by atoms with van der Waals surface area (Å²) in [6.07, 6.45) is 4.06. The fourth-order valence-corrected chi connectivity index (χ4v) is 2.81. The van der Waals surface area contributed by atoms with Crippen LogP contribution in [0.15, 0.2) is 42.6 Å². The van der Waals surface area contributed by atoms with Gasteiger partial charge in [0.1, 0.15) is 5.65 Å². The molecule has 2 aromatic heterocycles. The Bertz CT molecular complexity index is 847. The van der Waals surface area contributed by atoms with Crippen molar-refractivity contribution in [3.8, 4) is 0 Å². The Kier molecular flexibility index (Phi) is 4.15. The van der Waals surface area contributed by atoms with Gasteiger partial charge in [0.15, 0.2) is 0 Å². The summed E-state index contributed by atoms with van der Waals surface area (Å²) in [4.78, 5) is 17.1. The SMILES string of the molecule is CCCc1ccc(NC(=O)c2ccn3c(C)cc(C)nc23)cc1. The van der Waals surface area contributed by atoms with Crippen molar-refractivity contribution in [1.29, 1.82) is 0 Å². The Morgan fingerprint density at radius 2 is 1.91 bits per heavy atom. The summed E-state index contributed by atoms with van der Waals surface area (Å²) < 4.78 is 1.94. The molecule has 0 aliphatic heterocycles. The van der Waals surface area contributed by atoms with Gasteiger partial charge in [-0.25, -0.2) is 4.98 Å². The Hall–Kier alpha value is -2.62. The van der Waals surface area contributed by atoms with Gasteiger partial charge in [0.2, 0.25) is 0 Å². The molecule has 0 aliphatic carbocycles. The van der Waals surface area contributed by atoms with Gasteiger partial charge in [0.25, 0.3) is 5.91 Å². The van der Waals surface area contributed by atoms with E-state index in [9.17, 15) is 4.79 Å². The molecule has 0 saturated heterocycles. The van der Waals surface area contributed by atoms with E-state index in [2.05, 4.69) is 29.4 Å². The number of aromatic nitrogens is 2. The maximum Gasteiger partial charge on any atom is 0.259 e. The van der Waals surface area contributed by atoms with Crippen LogP contribution in [-0.2, 0) is 6.42 Å². The minimum absolute atomic E-state index is 0.131. The third-order valence-corrected chi connectivity index (χ3v) is 3.93. The van der Waals surface area contributed by atoms with Crippen molar-refractivity contribution >= 4 is 17.2 Å². The predicted octanol–water partition coefficient (Wildman–Crippen LogP) is 4.16. The fraction of sp³-hybridized carbons (Fsp3) is 0.263. The number of nitrogens with one attached hydrogen (secondary N) is 1. The van der Waals surface area contributed by atoms with Gasteiger partial charge >= 0.3 is 0 Å². The number of benzene rings is 1. The first kappa shape index (κ1) is 15.3. The average Bonchev–Trinajstić information content (AvgIpc) is 2.93. The van der Waals surface area contributed by atoms with Crippen molar-refractivity contribution in [2.75, 3.05) is 5.32 Å². The van der Waals surface area contributed by atoms with Gasteiger partial charge in [-0.1, -0.05) is 25.5 Å². The van der Waals surface area contributed by atoms with Gasteiger partial charge in [0.05, 0.1) is 5.56 Å². The highest BCUT2D eigenvalue weighted by Gasteiger charge is 2.14. The van der Waals surface area contributed by atoms with Crippen molar-refractivity contribution in [3.63, 3.8) is 0 Å². The molecule has 3 aromatic rings. The first-order chi connectivity index (χ1) is 11.1. The molecule has 0 spiro atoms. The highest BCUT2D eigenvalue weighted by atomic mass is 16.1. The van der Waals surface area contributed by atoms with E-state index in [0.717, 1.165) is 29.9 Å². The molecular weight excluding hydrogens is 286 g/mol. The lowest BCUT2D eigenvalue weighted by atomic mass is 10.1. The Balaban J connectivity index is 1.86. The zero-order valence-electron chi connectivity index (χ0n) is 13.8. The number of fused-ring (bicyclic) bond motifs is 1. The predicted molar refractivity (Wildman–Crippen MR) is 93.1 cm³/mol. The number of hydrogen-bond donors (Lipinski definition) is 1. The Morgan fingerprint density at radius 3 is 2.61 bits per heavy atom. The molecule has 0 radical (unpaired) electrons. The number of carbonyl (C=O) groups excluding carboxylic acids is 1. The lowest BCUT2D eigenvalue weighted by Gasteiger charge is -2.07. The Labute approximate surface area is 136 Å². The third kappa shape index (κ3) is 3.11. The number of rotatable bonds is 4. The number of nitrogens with zero attached hydrogens (tertiary/aromatic N) is 2. The zero-order chi connectivity index (χ0) is 16.4. The molecule has 0 atom stereocenters. The van der Waals surface area contributed by atoms with Crippen LogP contribution in [-0.4, -0.2) is 15.3 Å². The van der Waals surface area contributed by atoms with Gasteiger partial charge in [-0.2, -0.15) is 0 Å². The highest BCUT2D eigenvalue weighted by Crippen LogP contribution is 2.17. The van der Waals surface area contributed by atoms with Gasteiger partial charge in [-0.05, 0) is 50.1 Å².